The smallest absolute Gasteiger partial charge is 0.0543 e. The van der Waals surface area contributed by atoms with Crippen LogP contribution < -0.4 is 10.9 Å². The Bertz CT molecular complexity index is 4230. The van der Waals surface area contributed by atoms with Crippen molar-refractivity contribution in [2.45, 2.75) is 160 Å². The summed E-state index contributed by atoms with van der Waals surface area (Å²) in [5.41, 5.74) is 27.2. The fourth-order valence-corrected chi connectivity index (χ4v) is 14.2. The standard InChI is InChI=1S/C45H43NS.C18H24.C16H18.C7H8.C2H6.FH2N/c1-5-7-25-45(26-8-6-2)39-27-31(4)19-23-37(39)44-36-15-10-9-13-34(36)41(29-40(44)45)46(32-20-17-30(3)18-21-32)33-22-24-43-38(28-33)35-14-11-12-16-42(35)47-43;1-6-10-16(14(4)8-3)18-13-9-12-15(5)17(18)11-7-2;1-4-14-10-9-12(2)11-16(14)15-8-6-5-7-13(15)3;1-7-5-3-2-4-6-7;2*1-2/h9-24,27-29H,5-8,25-26H2,1-4H3;6,8-10,12-13H,3,7,11H2,1-2,4-5H3;5-11H,4H2,1-3H3;2-6H,1H3;1-2H3;2H2/b;10-6-,16-14+;;;;. The van der Waals surface area contributed by atoms with Gasteiger partial charge in [-0.2, -0.15) is 5.96 Å². The summed E-state index contributed by atoms with van der Waals surface area (Å²) >= 11 is 1.88. The van der Waals surface area contributed by atoms with E-state index >= 15 is 0 Å². The second kappa shape index (κ2) is 34.9. The van der Waals surface area contributed by atoms with Gasteiger partial charge in [-0.3, -0.25) is 0 Å². The van der Waals surface area contributed by atoms with Crippen molar-refractivity contribution in [2.75, 3.05) is 4.90 Å². The molecule has 0 atom stereocenters. The number of thiophene rings is 1. The molecule has 10 aromatic carbocycles. The van der Waals surface area contributed by atoms with Crippen molar-refractivity contribution in [3.05, 3.63) is 298 Å². The first-order valence-electron chi connectivity index (χ1n) is 33.7. The SMILES string of the molecule is C=C/C(C)=C(\C=C/C)c1cccc(C)c1CCC.CC.CCCCC1(CCCC)c2cc(C)ccc2-c2c1cc(N(c1ccc(C)cc1)c1ccc3sc4ccccc4c3c1)c1ccccc21.CCc1ccc(C)cc1-c1ccccc1C.Cc1ccccc1.NF. The van der Waals surface area contributed by atoms with Crippen molar-refractivity contribution in [3.63, 3.8) is 0 Å². The number of benzene rings is 10. The second-order valence-electron chi connectivity index (χ2n) is 24.3. The van der Waals surface area contributed by atoms with Crippen molar-refractivity contribution in [2.24, 2.45) is 5.96 Å². The number of nitrogens with zero attached hydrogens (tertiary/aromatic N) is 1. The zero-order valence-electron chi connectivity index (χ0n) is 57.7. The zero-order valence-corrected chi connectivity index (χ0v) is 58.6. The molecule has 0 radical (unpaired) electrons. The lowest BCUT2D eigenvalue weighted by Crippen LogP contribution is -2.26. The lowest BCUT2D eigenvalue weighted by Gasteiger charge is -2.34. The predicted molar refractivity (Wildman–Crippen MR) is 408 cm³/mol. The number of hydrogen-bond donors (Lipinski definition) is 1. The summed E-state index contributed by atoms with van der Waals surface area (Å²) in [4.78, 5) is 2.53. The molecule has 0 aliphatic heterocycles. The molecule has 0 bridgehead atoms. The average Bonchev–Trinajstić information content (AvgIpc) is 1.53. The number of halogens is 1. The van der Waals surface area contributed by atoms with Crippen molar-refractivity contribution in [1.29, 1.82) is 0 Å². The summed E-state index contributed by atoms with van der Waals surface area (Å²) < 4.78 is 11.7. The van der Waals surface area contributed by atoms with E-state index in [-0.39, 0.29) is 5.41 Å². The molecule has 4 heteroatoms. The van der Waals surface area contributed by atoms with Gasteiger partial charge in [0.05, 0.1) is 5.69 Å². The lowest BCUT2D eigenvalue weighted by atomic mass is 9.70. The highest BCUT2D eigenvalue weighted by Crippen LogP contribution is 2.58. The Kier molecular flexibility index (Phi) is 26.9. The number of rotatable bonds is 16. The van der Waals surface area contributed by atoms with E-state index < -0.39 is 0 Å². The summed E-state index contributed by atoms with van der Waals surface area (Å²) in [7, 11) is 0. The molecule has 0 saturated heterocycles. The monoisotopic (exact) mass is 1240 g/mol. The minimum Gasteiger partial charge on any atom is -0.310 e. The third kappa shape index (κ3) is 16.4. The molecule has 1 aliphatic rings. The molecule has 92 heavy (non-hydrogen) atoms. The molecule has 2 nitrogen and oxygen atoms in total. The molecule has 2 N–H and O–H groups in total. The van der Waals surface area contributed by atoms with Crippen LogP contribution in [0.25, 0.3) is 58.8 Å². The molecule has 0 saturated carbocycles. The molecule has 0 amide bonds. The quantitative estimate of drug-likeness (QED) is 0.0772. The van der Waals surface area contributed by atoms with Crippen LogP contribution in [0.1, 0.15) is 162 Å². The summed E-state index contributed by atoms with van der Waals surface area (Å²) in [6.07, 6.45) is 16.8. The maximum Gasteiger partial charge on any atom is 0.0543 e. The van der Waals surface area contributed by atoms with Crippen LogP contribution in [0.5, 0.6) is 0 Å². The molecule has 1 heterocycles. The first kappa shape index (κ1) is 71.0. The maximum absolute atomic E-state index is 9.00. The van der Waals surface area contributed by atoms with Crippen LogP contribution >= 0.6 is 11.3 Å². The zero-order chi connectivity index (χ0) is 66.3. The first-order valence-corrected chi connectivity index (χ1v) is 34.5. The van der Waals surface area contributed by atoms with Gasteiger partial charge in [0.2, 0.25) is 0 Å². The number of aryl methyl sites for hydroxylation is 7. The molecule has 0 unspecified atom stereocenters. The van der Waals surface area contributed by atoms with Gasteiger partial charge in [0.15, 0.2) is 0 Å². The number of fused-ring (bicyclic) bond motifs is 8. The van der Waals surface area contributed by atoms with Gasteiger partial charge in [-0.1, -0.05) is 284 Å². The molecule has 1 aromatic heterocycles. The van der Waals surface area contributed by atoms with Crippen molar-refractivity contribution in [3.8, 4) is 22.3 Å². The summed E-state index contributed by atoms with van der Waals surface area (Å²) in [6, 6.07) is 76.2. The van der Waals surface area contributed by atoms with Crippen LogP contribution in [-0.4, -0.2) is 0 Å². The number of unbranched alkanes of at least 4 members (excludes halogenated alkanes) is 2. The number of anilines is 3. The minimum atomic E-state index is 0.00789. The first-order chi connectivity index (χ1) is 44.8. The Balaban J connectivity index is 0.000000217. The summed E-state index contributed by atoms with van der Waals surface area (Å²) in [5, 5.41) is 5.32. The average molecular weight is 1240 g/mol. The largest absolute Gasteiger partial charge is 0.310 e. The highest BCUT2D eigenvalue weighted by molar-refractivity contribution is 7.25. The fraction of sp³-hybridized carbons (Fsp3) is 0.273. The molecule has 11 aromatic rings. The Hall–Kier alpha value is -8.41. The van der Waals surface area contributed by atoms with Crippen molar-refractivity contribution >= 4 is 64.9 Å². The Labute approximate surface area is 557 Å². The van der Waals surface area contributed by atoms with E-state index in [0.717, 1.165) is 12.8 Å². The molecule has 476 valence electrons. The van der Waals surface area contributed by atoms with Gasteiger partial charge in [-0.25, -0.2) is 0 Å². The van der Waals surface area contributed by atoms with Crippen LogP contribution in [0.2, 0.25) is 0 Å². The Morgan fingerprint density at radius 3 is 1.72 bits per heavy atom. The van der Waals surface area contributed by atoms with Crippen LogP contribution in [-0.2, 0) is 18.3 Å². The van der Waals surface area contributed by atoms with E-state index in [4.69, 9.17) is 4.48 Å². The Morgan fingerprint density at radius 1 is 0.511 bits per heavy atom. The predicted octanol–water partition coefficient (Wildman–Crippen LogP) is 26.8. The van der Waals surface area contributed by atoms with Gasteiger partial charge in [-0.05, 0) is 201 Å². The second-order valence-corrected chi connectivity index (χ2v) is 25.4. The Morgan fingerprint density at radius 2 is 1.09 bits per heavy atom. The van der Waals surface area contributed by atoms with E-state index in [2.05, 4.69) is 301 Å². The van der Waals surface area contributed by atoms with Gasteiger partial charge >= 0.3 is 0 Å². The van der Waals surface area contributed by atoms with Gasteiger partial charge in [0.25, 0.3) is 0 Å². The van der Waals surface area contributed by atoms with Crippen LogP contribution in [0.15, 0.2) is 237 Å². The van der Waals surface area contributed by atoms with Gasteiger partial charge < -0.3 is 4.90 Å². The number of allylic oxidation sites excluding steroid dienone is 5. The van der Waals surface area contributed by atoms with E-state index in [0.29, 0.717) is 0 Å². The summed E-state index contributed by atoms with van der Waals surface area (Å²) in [6.45, 7) is 34.3. The van der Waals surface area contributed by atoms with E-state index in [1.807, 2.05) is 49.5 Å². The molecule has 1 aliphatic carbocycles. The molecule has 0 spiro atoms. The number of nitrogens with two attached hydrogens (primary N) is 1. The van der Waals surface area contributed by atoms with Crippen molar-refractivity contribution in [1.82, 2.24) is 0 Å². The third-order valence-electron chi connectivity index (χ3n) is 17.9. The lowest BCUT2D eigenvalue weighted by molar-refractivity contribution is 0.414. The topological polar surface area (TPSA) is 29.3 Å². The summed E-state index contributed by atoms with van der Waals surface area (Å²) in [5.74, 6) is 3.00. The maximum atomic E-state index is 9.00. The van der Waals surface area contributed by atoms with E-state index in [1.54, 1.807) is 5.56 Å². The highest BCUT2D eigenvalue weighted by Gasteiger charge is 2.44. The fourth-order valence-electron chi connectivity index (χ4n) is 13.1. The van der Waals surface area contributed by atoms with Crippen LogP contribution in [0.4, 0.5) is 21.5 Å². The molecule has 0 fully saturated rings. The van der Waals surface area contributed by atoms with Crippen LogP contribution in [0, 0.1) is 41.5 Å². The normalized spacial score (nSPS) is 11.9. The van der Waals surface area contributed by atoms with E-state index in [9.17, 15) is 0 Å². The minimum absolute atomic E-state index is 0.00789. The third-order valence-corrected chi connectivity index (χ3v) is 19.0. The van der Waals surface area contributed by atoms with Gasteiger partial charge in [0, 0.05) is 42.3 Å². The van der Waals surface area contributed by atoms with Gasteiger partial charge in [0.1, 0.15) is 0 Å². The van der Waals surface area contributed by atoms with E-state index in [1.165, 1.54) is 182 Å². The van der Waals surface area contributed by atoms with Gasteiger partial charge in [-0.15, -0.1) is 15.8 Å². The molecule has 12 rings (SSSR count). The van der Waals surface area contributed by atoms with Crippen molar-refractivity contribution < 1.29 is 4.48 Å². The highest BCUT2D eigenvalue weighted by atomic mass is 32.1. The molecular formula is C88H101FN2S. The number of hydrogen-bond acceptors (Lipinski definition) is 3. The molecular weight excluding hydrogens is 1140 g/mol. The van der Waals surface area contributed by atoms with Crippen LogP contribution in [0.3, 0.4) is 0 Å².